The monoisotopic (exact) mass is 304 g/mol. The molecule has 6 heteroatoms. The first-order chi connectivity index (χ1) is 10.7. The van der Waals surface area contributed by atoms with E-state index in [9.17, 15) is 4.79 Å². The lowest BCUT2D eigenvalue weighted by Gasteiger charge is -2.21. The summed E-state index contributed by atoms with van der Waals surface area (Å²) >= 11 is 0. The number of imidazole rings is 1. The van der Waals surface area contributed by atoms with Crippen LogP contribution in [0, 0.1) is 11.3 Å². The van der Waals surface area contributed by atoms with Gasteiger partial charge in [-0.05, 0) is 43.4 Å². The highest BCUT2D eigenvalue weighted by atomic mass is 16.5. The number of nitrogens with zero attached hydrogens (tertiary/aromatic N) is 2. The maximum atomic E-state index is 12.2. The Balaban J connectivity index is 1.32. The fraction of sp³-hybridized carbons (Fsp3) is 0.750. The highest BCUT2D eigenvalue weighted by molar-refractivity contribution is 5.74. The molecule has 2 aliphatic carbocycles. The minimum absolute atomic E-state index is 0.00261. The highest BCUT2D eigenvalue weighted by Crippen LogP contribution is 2.60. The van der Waals surface area contributed by atoms with Crippen molar-refractivity contribution in [1.82, 2.24) is 20.2 Å². The smallest absolute Gasteiger partial charge is 0.315 e. The third kappa shape index (κ3) is 2.60. The summed E-state index contributed by atoms with van der Waals surface area (Å²) < 4.78 is 7.73. The standard InChI is InChI=1S/C16H24N4O2/c1-20-8-7-17-14(20)13-12(4-9-22-13)19-15(21)18-10-16(5-6-16)11-2-3-11/h7-8,11-13H,2-6,9-10H2,1H3,(H2,18,19,21)/t12-,13-/m0/s1. The molecule has 2 amide bonds. The van der Waals surface area contributed by atoms with Crippen LogP contribution in [0.15, 0.2) is 12.4 Å². The molecule has 2 saturated carbocycles. The van der Waals surface area contributed by atoms with Crippen molar-refractivity contribution in [1.29, 1.82) is 0 Å². The van der Waals surface area contributed by atoms with Crippen molar-refractivity contribution < 1.29 is 9.53 Å². The van der Waals surface area contributed by atoms with E-state index in [1.54, 1.807) is 6.20 Å². The maximum Gasteiger partial charge on any atom is 0.315 e. The van der Waals surface area contributed by atoms with E-state index in [2.05, 4.69) is 15.6 Å². The minimum atomic E-state index is -0.149. The maximum absolute atomic E-state index is 12.2. The van der Waals surface area contributed by atoms with Gasteiger partial charge in [-0.1, -0.05) is 0 Å². The summed E-state index contributed by atoms with van der Waals surface area (Å²) in [5.41, 5.74) is 0.433. The minimum Gasteiger partial charge on any atom is -0.368 e. The Hall–Kier alpha value is -1.56. The molecule has 0 aromatic carbocycles. The zero-order valence-corrected chi connectivity index (χ0v) is 13.0. The predicted molar refractivity (Wildman–Crippen MR) is 81.2 cm³/mol. The van der Waals surface area contributed by atoms with Crippen molar-refractivity contribution in [3.63, 3.8) is 0 Å². The molecule has 2 heterocycles. The molecule has 0 unspecified atom stereocenters. The molecule has 22 heavy (non-hydrogen) atoms. The largest absolute Gasteiger partial charge is 0.368 e. The summed E-state index contributed by atoms with van der Waals surface area (Å²) in [6.45, 7) is 1.48. The van der Waals surface area contributed by atoms with E-state index >= 15 is 0 Å². The van der Waals surface area contributed by atoms with Gasteiger partial charge in [0.1, 0.15) is 11.9 Å². The molecule has 1 saturated heterocycles. The second-order valence-electron chi connectivity index (χ2n) is 7.05. The first kappa shape index (κ1) is 14.1. The van der Waals surface area contributed by atoms with Gasteiger partial charge in [-0.25, -0.2) is 9.78 Å². The topological polar surface area (TPSA) is 68.2 Å². The summed E-state index contributed by atoms with van der Waals surface area (Å²) in [5, 5.41) is 6.16. The van der Waals surface area contributed by atoms with Crippen LogP contribution in [0.1, 0.15) is 44.0 Å². The number of aromatic nitrogens is 2. The van der Waals surface area contributed by atoms with Gasteiger partial charge in [-0.2, -0.15) is 0 Å². The van der Waals surface area contributed by atoms with Crippen LogP contribution in [-0.2, 0) is 11.8 Å². The van der Waals surface area contributed by atoms with Gasteiger partial charge >= 0.3 is 6.03 Å². The average Bonchev–Trinajstić information content (AvgIpc) is 3.39. The number of ether oxygens (including phenoxy) is 1. The molecule has 120 valence electrons. The van der Waals surface area contributed by atoms with E-state index < -0.39 is 0 Å². The second kappa shape index (κ2) is 5.26. The van der Waals surface area contributed by atoms with Crippen molar-refractivity contribution in [2.45, 2.75) is 44.2 Å². The fourth-order valence-corrected chi connectivity index (χ4v) is 3.70. The van der Waals surface area contributed by atoms with Crippen LogP contribution in [-0.4, -0.2) is 34.8 Å². The number of hydrogen-bond donors (Lipinski definition) is 2. The molecular formula is C16H24N4O2. The van der Waals surface area contributed by atoms with E-state index in [4.69, 9.17) is 4.74 Å². The van der Waals surface area contributed by atoms with Crippen LogP contribution in [0.5, 0.6) is 0 Å². The van der Waals surface area contributed by atoms with E-state index in [0.717, 1.165) is 24.7 Å². The highest BCUT2D eigenvalue weighted by Gasteiger charge is 2.53. The predicted octanol–water partition coefficient (Wildman–Crippen LogP) is 1.74. The lowest BCUT2D eigenvalue weighted by molar-refractivity contribution is 0.0908. The van der Waals surface area contributed by atoms with Gasteiger partial charge < -0.3 is 19.9 Å². The molecule has 4 rings (SSSR count). The third-order valence-corrected chi connectivity index (χ3v) is 5.46. The van der Waals surface area contributed by atoms with Gasteiger partial charge in [0.05, 0.1) is 6.04 Å². The molecule has 0 bridgehead atoms. The number of amides is 2. The summed E-state index contributed by atoms with van der Waals surface area (Å²) in [6, 6.07) is -0.0705. The summed E-state index contributed by atoms with van der Waals surface area (Å²) in [4.78, 5) is 16.6. The molecule has 2 atom stereocenters. The van der Waals surface area contributed by atoms with Crippen LogP contribution in [0.4, 0.5) is 4.79 Å². The normalized spacial score (nSPS) is 29.3. The fourth-order valence-electron chi connectivity index (χ4n) is 3.70. The Kier molecular flexibility index (Phi) is 3.36. The average molecular weight is 304 g/mol. The molecule has 1 aromatic heterocycles. The Morgan fingerprint density at radius 1 is 1.45 bits per heavy atom. The van der Waals surface area contributed by atoms with Gasteiger partial charge in [0.15, 0.2) is 0 Å². The van der Waals surface area contributed by atoms with E-state index in [1.807, 2.05) is 17.8 Å². The second-order valence-corrected chi connectivity index (χ2v) is 7.05. The molecule has 0 radical (unpaired) electrons. The van der Waals surface area contributed by atoms with Crippen molar-refractivity contribution in [2.24, 2.45) is 18.4 Å². The molecule has 1 aliphatic heterocycles. The van der Waals surface area contributed by atoms with Crippen LogP contribution in [0.25, 0.3) is 0 Å². The van der Waals surface area contributed by atoms with Crippen LogP contribution in [0.2, 0.25) is 0 Å². The van der Waals surface area contributed by atoms with Crippen LogP contribution in [0.3, 0.4) is 0 Å². The van der Waals surface area contributed by atoms with E-state index in [-0.39, 0.29) is 18.2 Å². The zero-order valence-electron chi connectivity index (χ0n) is 13.0. The van der Waals surface area contributed by atoms with Crippen molar-refractivity contribution >= 4 is 6.03 Å². The number of aryl methyl sites for hydroxylation is 1. The van der Waals surface area contributed by atoms with Gasteiger partial charge in [0, 0.05) is 32.6 Å². The number of rotatable bonds is 5. The van der Waals surface area contributed by atoms with E-state index in [1.165, 1.54) is 25.7 Å². The van der Waals surface area contributed by atoms with Gasteiger partial charge in [-0.15, -0.1) is 0 Å². The number of hydrogen-bond acceptors (Lipinski definition) is 3. The van der Waals surface area contributed by atoms with Crippen molar-refractivity contribution in [3.8, 4) is 0 Å². The van der Waals surface area contributed by atoms with E-state index in [0.29, 0.717) is 12.0 Å². The lowest BCUT2D eigenvalue weighted by Crippen LogP contribution is -2.45. The molecule has 6 nitrogen and oxygen atoms in total. The molecule has 3 fully saturated rings. The molecular weight excluding hydrogens is 280 g/mol. The Morgan fingerprint density at radius 2 is 2.27 bits per heavy atom. The van der Waals surface area contributed by atoms with Crippen molar-refractivity contribution in [2.75, 3.05) is 13.2 Å². The Labute approximate surface area is 130 Å². The molecule has 1 aromatic rings. The quantitative estimate of drug-likeness (QED) is 0.870. The van der Waals surface area contributed by atoms with Crippen LogP contribution >= 0.6 is 0 Å². The SMILES string of the molecule is Cn1ccnc1[C@H]1OCC[C@@H]1NC(=O)NCC1(C2CC2)CC1. The first-order valence-corrected chi connectivity index (χ1v) is 8.31. The lowest BCUT2D eigenvalue weighted by atomic mass is 10.0. The van der Waals surface area contributed by atoms with Gasteiger partial charge in [-0.3, -0.25) is 0 Å². The van der Waals surface area contributed by atoms with Gasteiger partial charge in [0.2, 0.25) is 0 Å². The van der Waals surface area contributed by atoms with Crippen molar-refractivity contribution in [3.05, 3.63) is 18.2 Å². The number of urea groups is 1. The summed E-state index contributed by atoms with van der Waals surface area (Å²) in [6.07, 6.45) is 9.60. The molecule has 3 aliphatic rings. The Morgan fingerprint density at radius 3 is 2.91 bits per heavy atom. The molecule has 0 spiro atoms. The first-order valence-electron chi connectivity index (χ1n) is 8.31. The number of nitrogens with one attached hydrogen (secondary N) is 2. The van der Waals surface area contributed by atoms with Crippen LogP contribution < -0.4 is 10.6 Å². The number of carbonyl (C=O) groups excluding carboxylic acids is 1. The third-order valence-electron chi connectivity index (χ3n) is 5.46. The molecule has 2 N–H and O–H groups in total. The zero-order chi connectivity index (χ0) is 15.2. The van der Waals surface area contributed by atoms with Gasteiger partial charge in [0.25, 0.3) is 0 Å². The Bertz CT molecular complexity index is 562. The summed E-state index contributed by atoms with van der Waals surface area (Å²) in [5.74, 6) is 1.74. The summed E-state index contributed by atoms with van der Waals surface area (Å²) in [7, 11) is 1.95. The number of carbonyl (C=O) groups is 1.